The molecule has 0 aliphatic carbocycles. The van der Waals surface area contributed by atoms with Gasteiger partial charge in [0.25, 0.3) is 0 Å². The Morgan fingerprint density at radius 3 is 2.10 bits per heavy atom. The monoisotopic (exact) mass is 448 g/mol. The SMILES string of the molecule is CN(C)c1cccc2c(S(=O)(=O)NCCN3CCNCCNCCNCC3)cccc12. The molecule has 4 N–H and O–H groups in total. The van der Waals surface area contributed by atoms with Crippen molar-refractivity contribution < 1.29 is 8.42 Å². The van der Waals surface area contributed by atoms with E-state index in [0.717, 1.165) is 68.8 Å². The van der Waals surface area contributed by atoms with Gasteiger partial charge in [-0.15, -0.1) is 0 Å². The van der Waals surface area contributed by atoms with E-state index in [1.807, 2.05) is 49.3 Å². The summed E-state index contributed by atoms with van der Waals surface area (Å²) in [6.07, 6.45) is 0. The van der Waals surface area contributed by atoms with Gasteiger partial charge in [-0.2, -0.15) is 0 Å². The number of anilines is 1. The summed E-state index contributed by atoms with van der Waals surface area (Å²) in [5, 5.41) is 11.9. The molecule has 172 valence electrons. The molecule has 8 nitrogen and oxygen atoms in total. The lowest BCUT2D eigenvalue weighted by Gasteiger charge is -2.24. The third-order valence-corrected chi connectivity index (χ3v) is 7.04. The maximum absolute atomic E-state index is 13.1. The van der Waals surface area contributed by atoms with Crippen LogP contribution in [0.15, 0.2) is 41.3 Å². The van der Waals surface area contributed by atoms with Gasteiger partial charge in [0.1, 0.15) is 0 Å². The zero-order chi connectivity index (χ0) is 22.1. The molecule has 1 heterocycles. The molecule has 0 radical (unpaired) electrons. The summed E-state index contributed by atoms with van der Waals surface area (Å²) < 4.78 is 29.0. The molecule has 1 aliphatic heterocycles. The van der Waals surface area contributed by atoms with Crippen molar-refractivity contribution in [3.05, 3.63) is 36.4 Å². The minimum Gasteiger partial charge on any atom is -0.377 e. The Morgan fingerprint density at radius 2 is 1.45 bits per heavy atom. The summed E-state index contributed by atoms with van der Waals surface area (Å²) in [6.45, 7) is 8.43. The Kier molecular flexibility index (Phi) is 9.06. The molecule has 0 amide bonds. The van der Waals surface area contributed by atoms with Crippen molar-refractivity contribution in [1.29, 1.82) is 0 Å². The normalized spacial score (nSPS) is 17.7. The zero-order valence-electron chi connectivity index (χ0n) is 18.7. The first kappa shape index (κ1) is 23.9. The zero-order valence-corrected chi connectivity index (χ0v) is 19.5. The van der Waals surface area contributed by atoms with Crippen LogP contribution in [0.3, 0.4) is 0 Å². The first-order valence-electron chi connectivity index (χ1n) is 11.0. The lowest BCUT2D eigenvalue weighted by Crippen LogP contribution is -2.44. The molecule has 0 bridgehead atoms. The molecule has 1 saturated heterocycles. The van der Waals surface area contributed by atoms with E-state index in [4.69, 9.17) is 0 Å². The Balaban J connectivity index is 1.64. The van der Waals surface area contributed by atoms with Crippen molar-refractivity contribution in [3.63, 3.8) is 0 Å². The quantitative estimate of drug-likeness (QED) is 0.504. The molecule has 2 aromatic rings. The number of rotatable bonds is 6. The van der Waals surface area contributed by atoms with Gasteiger partial charge in [-0.1, -0.05) is 24.3 Å². The molecule has 0 spiro atoms. The number of hydrogen-bond donors (Lipinski definition) is 4. The molecule has 2 aromatic carbocycles. The lowest BCUT2D eigenvalue weighted by atomic mass is 10.1. The van der Waals surface area contributed by atoms with Gasteiger partial charge in [-0.25, -0.2) is 13.1 Å². The predicted molar refractivity (Wildman–Crippen MR) is 129 cm³/mol. The number of sulfonamides is 1. The molecule has 1 aliphatic rings. The van der Waals surface area contributed by atoms with Crippen LogP contribution in [0.1, 0.15) is 0 Å². The van der Waals surface area contributed by atoms with Crippen LogP contribution in [0, 0.1) is 0 Å². The molecular weight excluding hydrogens is 412 g/mol. The van der Waals surface area contributed by atoms with Gasteiger partial charge in [0.05, 0.1) is 4.90 Å². The predicted octanol–water partition coefficient (Wildman–Crippen LogP) is 0.269. The van der Waals surface area contributed by atoms with Gasteiger partial charge in [0.15, 0.2) is 0 Å². The summed E-state index contributed by atoms with van der Waals surface area (Å²) in [5.41, 5.74) is 1.00. The second-order valence-electron chi connectivity index (χ2n) is 8.01. The largest absolute Gasteiger partial charge is 0.377 e. The van der Waals surface area contributed by atoms with E-state index in [0.29, 0.717) is 18.0 Å². The minimum atomic E-state index is -3.60. The third-order valence-electron chi connectivity index (χ3n) is 5.52. The first-order valence-corrected chi connectivity index (χ1v) is 12.5. The smallest absolute Gasteiger partial charge is 0.241 e. The second-order valence-corrected chi connectivity index (χ2v) is 9.75. The molecule has 9 heteroatoms. The van der Waals surface area contributed by atoms with Crippen molar-refractivity contribution in [1.82, 2.24) is 25.6 Å². The van der Waals surface area contributed by atoms with Crippen LogP contribution in [0.25, 0.3) is 10.8 Å². The number of benzene rings is 2. The summed E-state index contributed by atoms with van der Waals surface area (Å²) in [6, 6.07) is 11.2. The van der Waals surface area contributed by atoms with Crippen LogP contribution >= 0.6 is 0 Å². The van der Waals surface area contributed by atoms with Crippen molar-refractivity contribution in [2.45, 2.75) is 4.90 Å². The van der Waals surface area contributed by atoms with Crippen LogP contribution in [-0.2, 0) is 10.0 Å². The Morgan fingerprint density at radius 1 is 0.871 bits per heavy atom. The summed E-state index contributed by atoms with van der Waals surface area (Å²) >= 11 is 0. The Hall–Kier alpha value is -1.75. The average Bonchev–Trinajstić information content (AvgIpc) is 2.74. The van der Waals surface area contributed by atoms with Crippen LogP contribution in [0.2, 0.25) is 0 Å². The van der Waals surface area contributed by atoms with Crippen molar-refractivity contribution >= 4 is 26.5 Å². The van der Waals surface area contributed by atoms with Gasteiger partial charge < -0.3 is 20.9 Å². The summed E-state index contributed by atoms with van der Waals surface area (Å²) in [5.74, 6) is 0. The highest BCUT2D eigenvalue weighted by molar-refractivity contribution is 7.89. The fraction of sp³-hybridized carbons (Fsp3) is 0.545. The van der Waals surface area contributed by atoms with Gasteiger partial charge in [0.2, 0.25) is 10.0 Å². The number of hydrogen-bond acceptors (Lipinski definition) is 7. The molecule has 1 fully saturated rings. The highest BCUT2D eigenvalue weighted by Crippen LogP contribution is 2.29. The van der Waals surface area contributed by atoms with E-state index < -0.39 is 10.0 Å². The minimum absolute atomic E-state index is 0.332. The molecule has 0 unspecified atom stereocenters. The highest BCUT2D eigenvalue weighted by atomic mass is 32.2. The van der Waals surface area contributed by atoms with E-state index >= 15 is 0 Å². The third kappa shape index (κ3) is 6.86. The Labute approximate surface area is 186 Å². The molecular formula is C22H36N6O2S. The number of fused-ring (bicyclic) bond motifs is 1. The number of nitrogens with zero attached hydrogens (tertiary/aromatic N) is 2. The van der Waals surface area contributed by atoms with Crippen LogP contribution in [0.4, 0.5) is 5.69 Å². The van der Waals surface area contributed by atoms with Gasteiger partial charge >= 0.3 is 0 Å². The second kappa shape index (κ2) is 11.8. The van der Waals surface area contributed by atoms with Crippen LogP contribution in [-0.4, -0.2) is 92.9 Å². The Bertz CT molecular complexity index is 923. The van der Waals surface area contributed by atoms with E-state index in [-0.39, 0.29) is 0 Å². The maximum atomic E-state index is 13.1. The van der Waals surface area contributed by atoms with Crippen molar-refractivity contribution in [2.24, 2.45) is 0 Å². The fourth-order valence-electron chi connectivity index (χ4n) is 3.84. The van der Waals surface area contributed by atoms with E-state index in [2.05, 4.69) is 25.6 Å². The molecule has 3 rings (SSSR count). The average molecular weight is 449 g/mol. The first-order chi connectivity index (χ1) is 15.0. The van der Waals surface area contributed by atoms with Crippen molar-refractivity contribution in [2.75, 3.05) is 84.4 Å². The molecule has 31 heavy (non-hydrogen) atoms. The van der Waals surface area contributed by atoms with Gasteiger partial charge in [-0.05, 0) is 12.1 Å². The molecule has 0 saturated carbocycles. The van der Waals surface area contributed by atoms with Crippen LogP contribution in [0.5, 0.6) is 0 Å². The van der Waals surface area contributed by atoms with Gasteiger partial charge in [-0.3, -0.25) is 4.90 Å². The van der Waals surface area contributed by atoms with E-state index in [1.165, 1.54) is 0 Å². The van der Waals surface area contributed by atoms with Gasteiger partial charge in [0, 0.05) is 96.0 Å². The lowest BCUT2D eigenvalue weighted by molar-refractivity contribution is 0.275. The molecule has 0 aromatic heterocycles. The topological polar surface area (TPSA) is 88.7 Å². The van der Waals surface area contributed by atoms with Crippen LogP contribution < -0.4 is 25.6 Å². The van der Waals surface area contributed by atoms with E-state index in [9.17, 15) is 8.42 Å². The molecule has 0 atom stereocenters. The highest BCUT2D eigenvalue weighted by Gasteiger charge is 2.18. The maximum Gasteiger partial charge on any atom is 0.241 e. The van der Waals surface area contributed by atoms with Crippen molar-refractivity contribution in [3.8, 4) is 0 Å². The standard InChI is InChI=1S/C22H36N6O2S/c1-27(2)21-7-3-6-20-19(21)5-4-8-22(20)31(29,30)26-15-18-28-16-13-24-11-9-23-10-12-25-14-17-28/h3-8,23-26H,9-18H2,1-2H3. The fourth-order valence-corrected chi connectivity index (χ4v) is 5.08. The summed E-state index contributed by atoms with van der Waals surface area (Å²) in [7, 11) is 0.323. The number of nitrogens with one attached hydrogen (secondary N) is 4. The summed E-state index contributed by atoms with van der Waals surface area (Å²) in [4.78, 5) is 4.63. The van der Waals surface area contributed by atoms with E-state index in [1.54, 1.807) is 6.07 Å².